The van der Waals surface area contributed by atoms with Gasteiger partial charge in [-0.1, -0.05) is 13.3 Å². The number of amides is 1. The molecule has 34 heavy (non-hydrogen) atoms. The molecule has 1 aliphatic carbocycles. The molecule has 0 radical (unpaired) electrons. The van der Waals surface area contributed by atoms with Crippen LogP contribution in [0.15, 0.2) is 12.1 Å². The van der Waals surface area contributed by atoms with E-state index in [9.17, 15) is 4.79 Å². The SMILES string of the molecule is CC[C@H]1CCc2[nH]nc(-c3nc4cc(N(C)C(=O)[C@H](C)N5CCOCC5)c(OC)cc4[nH]3)c2C1. The van der Waals surface area contributed by atoms with E-state index < -0.39 is 0 Å². The Balaban J connectivity index is 1.46. The number of nitrogens with one attached hydrogen (secondary N) is 2. The van der Waals surface area contributed by atoms with E-state index in [4.69, 9.17) is 14.5 Å². The molecule has 3 heterocycles. The quantitative estimate of drug-likeness (QED) is 0.579. The molecule has 1 saturated heterocycles. The number of anilines is 1. The average Bonchev–Trinajstić information content (AvgIpc) is 3.49. The zero-order valence-corrected chi connectivity index (χ0v) is 20.5. The molecule has 0 unspecified atom stereocenters. The number of nitrogens with zero attached hydrogens (tertiary/aromatic N) is 4. The molecule has 9 heteroatoms. The second-order valence-electron chi connectivity index (χ2n) is 9.39. The Morgan fingerprint density at radius 3 is 2.88 bits per heavy atom. The molecule has 1 amide bonds. The number of benzene rings is 1. The number of carbonyl (C=O) groups is 1. The van der Waals surface area contributed by atoms with Crippen molar-refractivity contribution < 1.29 is 14.3 Å². The van der Waals surface area contributed by atoms with Crippen molar-refractivity contribution in [1.29, 1.82) is 0 Å². The molecular formula is C25H34N6O3. The van der Waals surface area contributed by atoms with E-state index in [1.807, 2.05) is 19.1 Å². The Bertz CT molecular complexity index is 1180. The van der Waals surface area contributed by atoms with E-state index in [1.165, 1.54) is 24.1 Å². The summed E-state index contributed by atoms with van der Waals surface area (Å²) in [6.07, 6.45) is 4.44. The minimum Gasteiger partial charge on any atom is -0.494 e. The van der Waals surface area contributed by atoms with Crippen LogP contribution in [0.5, 0.6) is 5.75 Å². The van der Waals surface area contributed by atoms with E-state index in [0.29, 0.717) is 30.6 Å². The van der Waals surface area contributed by atoms with E-state index in [0.717, 1.165) is 48.5 Å². The van der Waals surface area contributed by atoms with Crippen LogP contribution in [0.2, 0.25) is 0 Å². The lowest BCUT2D eigenvalue weighted by atomic mass is 9.85. The number of hydrogen-bond acceptors (Lipinski definition) is 6. The molecule has 9 nitrogen and oxygen atoms in total. The lowest BCUT2D eigenvalue weighted by Crippen LogP contribution is -2.50. The normalized spacial score (nSPS) is 19.7. The Labute approximate surface area is 199 Å². The van der Waals surface area contributed by atoms with E-state index in [-0.39, 0.29) is 11.9 Å². The molecular weight excluding hydrogens is 432 g/mol. The van der Waals surface area contributed by atoms with Crippen LogP contribution in [0.25, 0.3) is 22.6 Å². The van der Waals surface area contributed by atoms with Crippen LogP contribution in [-0.2, 0) is 22.4 Å². The Morgan fingerprint density at radius 2 is 2.15 bits per heavy atom. The number of aryl methyl sites for hydroxylation is 1. The molecule has 3 aromatic rings. The first-order valence-corrected chi connectivity index (χ1v) is 12.2. The van der Waals surface area contributed by atoms with Crippen LogP contribution in [-0.4, -0.2) is 77.5 Å². The van der Waals surface area contributed by atoms with Gasteiger partial charge in [0.05, 0.1) is 43.1 Å². The first kappa shape index (κ1) is 22.9. The molecule has 182 valence electrons. The summed E-state index contributed by atoms with van der Waals surface area (Å²) in [7, 11) is 3.42. The second kappa shape index (κ2) is 9.38. The molecule has 0 saturated carbocycles. The summed E-state index contributed by atoms with van der Waals surface area (Å²) in [4.78, 5) is 25.4. The zero-order valence-electron chi connectivity index (χ0n) is 20.5. The van der Waals surface area contributed by atoms with Gasteiger partial charge < -0.3 is 19.4 Å². The molecule has 0 bridgehead atoms. The van der Waals surface area contributed by atoms with Gasteiger partial charge in [-0.2, -0.15) is 5.10 Å². The number of hydrogen-bond donors (Lipinski definition) is 2. The Kier molecular flexibility index (Phi) is 6.31. The molecule has 2 N–H and O–H groups in total. The predicted octanol–water partition coefficient (Wildman–Crippen LogP) is 3.16. The maximum atomic E-state index is 13.3. The number of aromatic amines is 2. The van der Waals surface area contributed by atoms with Crippen molar-refractivity contribution in [2.24, 2.45) is 5.92 Å². The fraction of sp³-hybridized carbons (Fsp3) is 0.560. The summed E-state index contributed by atoms with van der Waals surface area (Å²) in [6, 6.07) is 3.59. The number of methoxy groups -OCH3 is 1. The van der Waals surface area contributed by atoms with Crippen molar-refractivity contribution in [3.63, 3.8) is 0 Å². The van der Waals surface area contributed by atoms with Gasteiger partial charge in [-0.25, -0.2) is 4.98 Å². The van der Waals surface area contributed by atoms with Crippen LogP contribution in [0.4, 0.5) is 5.69 Å². The van der Waals surface area contributed by atoms with Crippen molar-refractivity contribution in [2.75, 3.05) is 45.4 Å². The zero-order chi connectivity index (χ0) is 23.8. The van der Waals surface area contributed by atoms with Gasteiger partial charge >= 0.3 is 0 Å². The van der Waals surface area contributed by atoms with Crippen LogP contribution < -0.4 is 9.64 Å². The van der Waals surface area contributed by atoms with Gasteiger partial charge in [-0.3, -0.25) is 14.8 Å². The monoisotopic (exact) mass is 466 g/mol. The molecule has 1 aliphatic heterocycles. The summed E-state index contributed by atoms with van der Waals surface area (Å²) >= 11 is 0. The number of morpholine rings is 1. The standard InChI is InChI=1S/C25H34N6O3/c1-5-16-6-7-18-17(12-16)23(29-28-18)24-26-19-13-21(22(33-4)14-20(19)27-24)30(3)25(32)15(2)31-8-10-34-11-9-31/h13-16H,5-12H2,1-4H3,(H,26,27)(H,28,29)/t15-,16-/m0/s1. The van der Waals surface area contributed by atoms with Crippen LogP contribution in [0, 0.1) is 5.92 Å². The second-order valence-corrected chi connectivity index (χ2v) is 9.39. The van der Waals surface area contributed by atoms with Gasteiger partial charge in [0, 0.05) is 37.5 Å². The van der Waals surface area contributed by atoms with Gasteiger partial charge in [-0.05, 0) is 38.2 Å². The lowest BCUT2D eigenvalue weighted by Gasteiger charge is -2.33. The summed E-state index contributed by atoms with van der Waals surface area (Å²) in [5.74, 6) is 2.08. The fourth-order valence-electron chi connectivity index (χ4n) is 5.20. The summed E-state index contributed by atoms with van der Waals surface area (Å²) in [5, 5.41) is 7.83. The summed E-state index contributed by atoms with van der Waals surface area (Å²) in [5.41, 5.74) is 5.74. The van der Waals surface area contributed by atoms with Gasteiger partial charge in [0.15, 0.2) is 5.82 Å². The van der Waals surface area contributed by atoms with E-state index >= 15 is 0 Å². The molecule has 2 aliphatic rings. The third-order valence-corrected chi connectivity index (χ3v) is 7.48. The van der Waals surface area contributed by atoms with Crippen LogP contribution in [0.1, 0.15) is 37.9 Å². The summed E-state index contributed by atoms with van der Waals surface area (Å²) < 4.78 is 11.1. The molecule has 5 rings (SSSR count). The fourth-order valence-corrected chi connectivity index (χ4v) is 5.20. The van der Waals surface area contributed by atoms with Gasteiger partial charge in [-0.15, -0.1) is 0 Å². The first-order chi connectivity index (χ1) is 16.5. The Morgan fingerprint density at radius 1 is 1.35 bits per heavy atom. The van der Waals surface area contributed by atoms with Crippen LogP contribution >= 0.6 is 0 Å². The van der Waals surface area contributed by atoms with Crippen molar-refractivity contribution in [2.45, 2.75) is 45.6 Å². The van der Waals surface area contributed by atoms with Gasteiger partial charge in [0.1, 0.15) is 11.4 Å². The largest absolute Gasteiger partial charge is 0.494 e. The van der Waals surface area contributed by atoms with Crippen molar-refractivity contribution in [3.05, 3.63) is 23.4 Å². The predicted molar refractivity (Wildman–Crippen MR) is 131 cm³/mol. The number of carbonyl (C=O) groups excluding carboxylic acids is 1. The Hall–Kier alpha value is -2.91. The molecule has 2 aromatic heterocycles. The maximum absolute atomic E-state index is 13.3. The van der Waals surface area contributed by atoms with Gasteiger partial charge in [0.25, 0.3) is 0 Å². The van der Waals surface area contributed by atoms with Crippen molar-refractivity contribution in [3.8, 4) is 17.3 Å². The highest BCUT2D eigenvalue weighted by molar-refractivity contribution is 6.00. The topological polar surface area (TPSA) is 99.4 Å². The minimum atomic E-state index is -0.244. The first-order valence-electron chi connectivity index (χ1n) is 12.2. The highest BCUT2D eigenvalue weighted by Gasteiger charge is 2.29. The smallest absolute Gasteiger partial charge is 0.243 e. The number of rotatable bonds is 6. The highest BCUT2D eigenvalue weighted by Crippen LogP contribution is 2.36. The third kappa shape index (κ3) is 4.07. The third-order valence-electron chi connectivity index (χ3n) is 7.48. The van der Waals surface area contributed by atoms with Crippen LogP contribution in [0.3, 0.4) is 0 Å². The summed E-state index contributed by atoms with van der Waals surface area (Å²) in [6.45, 7) is 7.03. The van der Waals surface area contributed by atoms with E-state index in [1.54, 1.807) is 19.1 Å². The molecule has 2 atom stereocenters. The highest BCUT2D eigenvalue weighted by atomic mass is 16.5. The maximum Gasteiger partial charge on any atom is 0.243 e. The number of likely N-dealkylation sites (N-methyl/N-ethyl adjacent to an activating group) is 1. The molecule has 0 spiro atoms. The number of imidazole rings is 1. The molecule has 1 aromatic carbocycles. The number of H-pyrrole nitrogens is 2. The number of aromatic nitrogens is 4. The van der Waals surface area contributed by atoms with Crippen molar-refractivity contribution >= 4 is 22.6 Å². The lowest BCUT2D eigenvalue weighted by molar-refractivity contribution is -0.124. The average molecular weight is 467 g/mol. The van der Waals surface area contributed by atoms with Crippen molar-refractivity contribution in [1.82, 2.24) is 25.1 Å². The van der Waals surface area contributed by atoms with Gasteiger partial charge in [0.2, 0.25) is 5.91 Å². The number of fused-ring (bicyclic) bond motifs is 2. The minimum absolute atomic E-state index is 0.0160. The number of ether oxygens (including phenoxy) is 2. The molecule has 1 fully saturated rings. The van der Waals surface area contributed by atoms with E-state index in [2.05, 4.69) is 27.0 Å².